The van der Waals surface area contributed by atoms with E-state index in [0.29, 0.717) is 5.56 Å². The molecule has 1 heterocycles. The molecule has 1 N–H and O–H groups in total. The Kier molecular flexibility index (Phi) is 4.20. The smallest absolute Gasteiger partial charge is 0.343 e. The minimum Gasteiger partial charge on any atom is -0.343 e. The first kappa shape index (κ1) is 18.0. The van der Waals surface area contributed by atoms with Crippen molar-refractivity contribution in [2.75, 3.05) is 0 Å². The SMILES string of the molecule is Cc1cc(C)c(C2C(=O)NC3(CCC(C(F)(F)F)CC3)C2=O)c(C)c1. The van der Waals surface area contributed by atoms with E-state index < -0.39 is 23.6 Å². The Morgan fingerprint density at radius 1 is 1.04 bits per heavy atom. The van der Waals surface area contributed by atoms with Gasteiger partial charge in [-0.15, -0.1) is 0 Å². The second-order valence-electron chi connectivity index (χ2n) is 7.50. The summed E-state index contributed by atoms with van der Waals surface area (Å²) in [6.07, 6.45) is -4.36. The van der Waals surface area contributed by atoms with E-state index in [-0.39, 0.29) is 37.4 Å². The van der Waals surface area contributed by atoms with Crippen LogP contribution in [0.4, 0.5) is 13.2 Å². The molecule has 1 saturated heterocycles. The first-order chi connectivity index (χ1) is 11.5. The van der Waals surface area contributed by atoms with Crippen molar-refractivity contribution < 1.29 is 22.8 Å². The number of alkyl halides is 3. The number of Topliss-reactive ketones (excluding diaryl/α,β-unsaturated/α-hetero) is 1. The van der Waals surface area contributed by atoms with Gasteiger partial charge in [-0.05, 0) is 63.1 Å². The van der Waals surface area contributed by atoms with Gasteiger partial charge in [0, 0.05) is 0 Å². The first-order valence-electron chi connectivity index (χ1n) is 8.56. The van der Waals surface area contributed by atoms with Gasteiger partial charge < -0.3 is 5.32 Å². The van der Waals surface area contributed by atoms with Crippen molar-refractivity contribution in [1.29, 1.82) is 0 Å². The Labute approximate surface area is 145 Å². The minimum atomic E-state index is -4.24. The van der Waals surface area contributed by atoms with Gasteiger partial charge in [-0.2, -0.15) is 13.2 Å². The molecule has 1 atom stereocenters. The van der Waals surface area contributed by atoms with Gasteiger partial charge in [0.25, 0.3) is 0 Å². The predicted octanol–water partition coefficient (Wildman–Crippen LogP) is 3.89. The largest absolute Gasteiger partial charge is 0.391 e. The zero-order valence-corrected chi connectivity index (χ0v) is 14.6. The van der Waals surface area contributed by atoms with Crippen LogP contribution in [0.1, 0.15) is 53.9 Å². The molecule has 0 aromatic heterocycles. The third-order valence-corrected chi connectivity index (χ3v) is 5.69. The summed E-state index contributed by atoms with van der Waals surface area (Å²) in [6.45, 7) is 5.67. The molecule has 1 amide bonds. The molecule has 1 unspecified atom stereocenters. The zero-order chi connectivity index (χ0) is 18.6. The molecule has 136 valence electrons. The lowest BCUT2D eigenvalue weighted by atomic mass is 9.72. The first-order valence-corrected chi connectivity index (χ1v) is 8.56. The number of amides is 1. The van der Waals surface area contributed by atoms with Gasteiger partial charge in [0.1, 0.15) is 5.92 Å². The highest BCUT2D eigenvalue weighted by Crippen LogP contribution is 2.46. The van der Waals surface area contributed by atoms with Crippen molar-refractivity contribution in [1.82, 2.24) is 5.32 Å². The highest BCUT2D eigenvalue weighted by atomic mass is 19.4. The summed E-state index contributed by atoms with van der Waals surface area (Å²) in [4.78, 5) is 25.6. The number of benzene rings is 1. The summed E-state index contributed by atoms with van der Waals surface area (Å²) in [5.41, 5.74) is 2.35. The maximum Gasteiger partial charge on any atom is 0.391 e. The van der Waals surface area contributed by atoms with E-state index in [4.69, 9.17) is 0 Å². The van der Waals surface area contributed by atoms with Gasteiger partial charge in [-0.3, -0.25) is 9.59 Å². The highest BCUT2D eigenvalue weighted by Gasteiger charge is 2.56. The van der Waals surface area contributed by atoms with Gasteiger partial charge >= 0.3 is 6.18 Å². The Morgan fingerprint density at radius 3 is 2.04 bits per heavy atom. The fourth-order valence-corrected chi connectivity index (χ4v) is 4.48. The molecule has 3 rings (SSSR count). The Bertz CT molecular complexity index is 708. The normalized spacial score (nSPS) is 30.0. The van der Waals surface area contributed by atoms with Crippen LogP contribution < -0.4 is 5.32 Å². The molecule has 0 radical (unpaired) electrons. The topological polar surface area (TPSA) is 46.2 Å². The van der Waals surface area contributed by atoms with E-state index in [2.05, 4.69) is 5.32 Å². The fourth-order valence-electron chi connectivity index (χ4n) is 4.48. The Morgan fingerprint density at radius 2 is 1.56 bits per heavy atom. The molecule has 25 heavy (non-hydrogen) atoms. The third-order valence-electron chi connectivity index (χ3n) is 5.69. The number of aryl methyl sites for hydroxylation is 3. The van der Waals surface area contributed by atoms with Crippen LogP contribution in [0.25, 0.3) is 0 Å². The number of carbonyl (C=O) groups excluding carboxylic acids is 2. The van der Waals surface area contributed by atoms with E-state index in [1.54, 1.807) is 0 Å². The summed E-state index contributed by atoms with van der Waals surface area (Å²) in [7, 11) is 0. The van der Waals surface area contributed by atoms with Crippen LogP contribution in [0.5, 0.6) is 0 Å². The number of nitrogens with one attached hydrogen (secondary N) is 1. The number of rotatable bonds is 1. The van der Waals surface area contributed by atoms with E-state index in [9.17, 15) is 22.8 Å². The molecule has 1 aliphatic heterocycles. The summed E-state index contributed by atoms with van der Waals surface area (Å²) in [5, 5.41) is 2.75. The Hall–Kier alpha value is -1.85. The van der Waals surface area contributed by atoms with Crippen LogP contribution >= 0.6 is 0 Å². The summed E-state index contributed by atoms with van der Waals surface area (Å²) in [5.74, 6) is -2.95. The van der Waals surface area contributed by atoms with Gasteiger partial charge in [0.05, 0.1) is 11.5 Å². The van der Waals surface area contributed by atoms with E-state index in [0.717, 1.165) is 16.7 Å². The van der Waals surface area contributed by atoms with Crippen molar-refractivity contribution in [2.24, 2.45) is 5.92 Å². The van der Waals surface area contributed by atoms with Crippen LogP contribution in [0.15, 0.2) is 12.1 Å². The molecule has 0 bridgehead atoms. The lowest BCUT2D eigenvalue weighted by molar-refractivity contribution is -0.185. The average molecular weight is 353 g/mol. The maximum absolute atomic E-state index is 13.1. The standard InChI is InChI=1S/C19H22F3NO2/c1-10-8-11(2)14(12(3)9-10)15-16(24)18(23-17(15)25)6-4-13(5-7-18)19(20,21)22/h8-9,13,15H,4-7H2,1-3H3,(H,23,25). The molecule has 1 spiro atoms. The lowest BCUT2D eigenvalue weighted by Gasteiger charge is -2.36. The molecule has 2 fully saturated rings. The van der Waals surface area contributed by atoms with Crippen molar-refractivity contribution in [2.45, 2.75) is 64.1 Å². The molecule has 3 nitrogen and oxygen atoms in total. The Balaban J connectivity index is 1.90. The molecule has 1 aromatic rings. The number of ketones is 1. The van der Waals surface area contributed by atoms with Crippen molar-refractivity contribution in [3.05, 3.63) is 34.4 Å². The van der Waals surface area contributed by atoms with E-state index in [1.807, 2.05) is 32.9 Å². The molecule has 1 aliphatic carbocycles. The maximum atomic E-state index is 13.1. The molecular formula is C19H22F3NO2. The second kappa shape index (κ2) is 5.85. The average Bonchev–Trinajstić information content (AvgIpc) is 2.70. The molecule has 1 aromatic carbocycles. The fraction of sp³-hybridized carbons (Fsp3) is 0.579. The quantitative estimate of drug-likeness (QED) is 0.779. The minimum absolute atomic E-state index is 0.0577. The molecule has 1 saturated carbocycles. The highest BCUT2D eigenvalue weighted by molar-refractivity contribution is 6.17. The predicted molar refractivity (Wildman–Crippen MR) is 87.3 cm³/mol. The van der Waals surface area contributed by atoms with Crippen LogP contribution in [0.2, 0.25) is 0 Å². The molecule has 6 heteroatoms. The van der Waals surface area contributed by atoms with Crippen LogP contribution in [-0.2, 0) is 9.59 Å². The summed E-state index contributed by atoms with van der Waals surface area (Å²) in [6, 6.07) is 3.85. The van der Waals surface area contributed by atoms with Crippen molar-refractivity contribution in [3.8, 4) is 0 Å². The number of hydrogen-bond acceptors (Lipinski definition) is 2. The van der Waals surface area contributed by atoms with E-state index in [1.165, 1.54) is 0 Å². The number of carbonyl (C=O) groups is 2. The monoisotopic (exact) mass is 353 g/mol. The lowest BCUT2D eigenvalue weighted by Crippen LogP contribution is -2.50. The van der Waals surface area contributed by atoms with Crippen molar-refractivity contribution in [3.63, 3.8) is 0 Å². The third kappa shape index (κ3) is 2.96. The van der Waals surface area contributed by atoms with Crippen LogP contribution in [-0.4, -0.2) is 23.4 Å². The molecule has 2 aliphatic rings. The summed E-state index contributed by atoms with van der Waals surface area (Å²) >= 11 is 0. The van der Waals surface area contributed by atoms with Crippen LogP contribution in [0, 0.1) is 26.7 Å². The zero-order valence-electron chi connectivity index (χ0n) is 14.6. The van der Waals surface area contributed by atoms with Gasteiger partial charge in [0.15, 0.2) is 5.78 Å². The van der Waals surface area contributed by atoms with Gasteiger partial charge in [0.2, 0.25) is 5.91 Å². The summed E-state index contributed by atoms with van der Waals surface area (Å²) < 4.78 is 38.7. The van der Waals surface area contributed by atoms with Gasteiger partial charge in [-0.25, -0.2) is 0 Å². The van der Waals surface area contributed by atoms with E-state index >= 15 is 0 Å². The molecular weight excluding hydrogens is 331 g/mol. The van der Waals surface area contributed by atoms with Crippen LogP contribution in [0.3, 0.4) is 0 Å². The second-order valence-corrected chi connectivity index (χ2v) is 7.50. The number of halogens is 3. The van der Waals surface area contributed by atoms with Gasteiger partial charge in [-0.1, -0.05) is 17.7 Å². The van der Waals surface area contributed by atoms with Crippen molar-refractivity contribution >= 4 is 11.7 Å². The number of hydrogen-bond donors (Lipinski definition) is 1.